The zero-order valence-corrected chi connectivity index (χ0v) is 14.2. The minimum Gasteiger partial charge on any atom is -0.493 e. The van der Waals surface area contributed by atoms with Crippen LogP contribution in [0.5, 0.6) is 5.75 Å². The number of carbonyl (C=O) groups excluding carboxylic acids is 1. The van der Waals surface area contributed by atoms with E-state index in [1.54, 1.807) is 0 Å². The van der Waals surface area contributed by atoms with Gasteiger partial charge in [-0.3, -0.25) is 4.79 Å². The molecule has 0 aliphatic carbocycles. The van der Waals surface area contributed by atoms with Gasteiger partial charge in [0.25, 0.3) is 0 Å². The molecule has 4 nitrogen and oxygen atoms in total. The monoisotopic (exact) mass is 324 g/mol. The molecule has 0 aliphatic rings. The standard InChI is InChI=1S/C20H24N2O2/c1-2-3-4-7-14-24-19-11-10-16-8-5-6-9-17(16)18(19)15-22-20(23)12-13-21/h5-6,8-11H,2-4,7,12,14-15H2,1H3,(H,22,23). The molecule has 0 aromatic heterocycles. The lowest BCUT2D eigenvalue weighted by atomic mass is 10.0. The summed E-state index contributed by atoms with van der Waals surface area (Å²) in [6.45, 7) is 3.23. The number of hydrogen-bond donors (Lipinski definition) is 1. The molecule has 0 atom stereocenters. The number of rotatable bonds is 9. The summed E-state index contributed by atoms with van der Waals surface area (Å²) in [6.07, 6.45) is 4.49. The van der Waals surface area contributed by atoms with Gasteiger partial charge in [0, 0.05) is 12.1 Å². The van der Waals surface area contributed by atoms with Crippen LogP contribution in [0.3, 0.4) is 0 Å². The molecule has 0 unspecified atom stereocenters. The summed E-state index contributed by atoms with van der Waals surface area (Å²) in [5.74, 6) is 0.543. The minimum absolute atomic E-state index is 0.127. The molecule has 4 heteroatoms. The van der Waals surface area contributed by atoms with Crippen molar-refractivity contribution in [3.63, 3.8) is 0 Å². The van der Waals surface area contributed by atoms with Crippen LogP contribution in [-0.4, -0.2) is 12.5 Å². The average Bonchev–Trinajstić information content (AvgIpc) is 2.60. The Bertz CT molecular complexity index is 719. The second-order valence-electron chi connectivity index (χ2n) is 5.78. The van der Waals surface area contributed by atoms with E-state index in [1.165, 1.54) is 12.8 Å². The van der Waals surface area contributed by atoms with Crippen LogP contribution in [-0.2, 0) is 11.3 Å². The highest BCUT2D eigenvalue weighted by molar-refractivity contribution is 5.88. The molecular weight excluding hydrogens is 300 g/mol. The maximum Gasteiger partial charge on any atom is 0.234 e. The van der Waals surface area contributed by atoms with Crippen LogP contribution in [0.1, 0.15) is 44.6 Å². The number of nitriles is 1. The average molecular weight is 324 g/mol. The lowest BCUT2D eigenvalue weighted by molar-refractivity contribution is -0.120. The normalized spacial score (nSPS) is 10.3. The molecule has 126 valence electrons. The van der Waals surface area contributed by atoms with Crippen molar-refractivity contribution in [3.8, 4) is 11.8 Å². The van der Waals surface area contributed by atoms with Gasteiger partial charge in [-0.2, -0.15) is 5.26 Å². The molecule has 2 aromatic rings. The third kappa shape index (κ3) is 4.99. The highest BCUT2D eigenvalue weighted by Gasteiger charge is 2.10. The molecule has 24 heavy (non-hydrogen) atoms. The predicted octanol–water partition coefficient (Wildman–Crippen LogP) is 4.33. The Kier molecular flexibility index (Phi) is 7.10. The Labute approximate surface area is 143 Å². The number of unbranched alkanes of at least 4 members (excludes halogenated alkanes) is 3. The summed E-state index contributed by atoms with van der Waals surface area (Å²) in [5, 5.41) is 13.6. The smallest absolute Gasteiger partial charge is 0.234 e. The molecule has 2 aromatic carbocycles. The van der Waals surface area contributed by atoms with E-state index in [0.29, 0.717) is 13.2 Å². The highest BCUT2D eigenvalue weighted by atomic mass is 16.5. The van der Waals surface area contributed by atoms with E-state index in [4.69, 9.17) is 10.00 Å². The Morgan fingerprint density at radius 1 is 1.17 bits per heavy atom. The summed E-state index contributed by atoms with van der Waals surface area (Å²) in [5.41, 5.74) is 0.967. The second-order valence-corrected chi connectivity index (χ2v) is 5.78. The lowest BCUT2D eigenvalue weighted by Crippen LogP contribution is -2.22. The largest absolute Gasteiger partial charge is 0.493 e. The summed E-state index contributed by atoms with van der Waals surface area (Å²) >= 11 is 0. The van der Waals surface area contributed by atoms with E-state index in [2.05, 4.69) is 12.2 Å². The van der Waals surface area contributed by atoms with Gasteiger partial charge in [0.05, 0.1) is 12.7 Å². The fourth-order valence-electron chi connectivity index (χ4n) is 2.67. The van der Waals surface area contributed by atoms with Crippen LogP contribution < -0.4 is 10.1 Å². The van der Waals surface area contributed by atoms with Crippen molar-refractivity contribution >= 4 is 16.7 Å². The Morgan fingerprint density at radius 2 is 2.00 bits per heavy atom. The zero-order chi connectivity index (χ0) is 17.2. The highest BCUT2D eigenvalue weighted by Crippen LogP contribution is 2.28. The molecule has 0 saturated carbocycles. The van der Waals surface area contributed by atoms with Crippen LogP contribution in [0.4, 0.5) is 0 Å². The summed E-state index contributed by atoms with van der Waals surface area (Å²) < 4.78 is 5.97. The first-order valence-electron chi connectivity index (χ1n) is 8.53. The van der Waals surface area contributed by atoms with E-state index in [1.807, 2.05) is 42.5 Å². The maximum atomic E-state index is 11.6. The number of hydrogen-bond acceptors (Lipinski definition) is 3. The van der Waals surface area contributed by atoms with Crippen LogP contribution >= 0.6 is 0 Å². The quantitative estimate of drug-likeness (QED) is 0.698. The van der Waals surface area contributed by atoms with Crippen molar-refractivity contribution < 1.29 is 9.53 Å². The van der Waals surface area contributed by atoms with Gasteiger partial charge in [0.2, 0.25) is 5.91 Å². The molecule has 0 spiro atoms. The lowest BCUT2D eigenvalue weighted by Gasteiger charge is -2.15. The molecule has 0 saturated heterocycles. The third-order valence-electron chi connectivity index (χ3n) is 3.96. The summed E-state index contributed by atoms with van der Waals surface area (Å²) in [4.78, 5) is 11.6. The van der Waals surface area contributed by atoms with Gasteiger partial charge in [-0.15, -0.1) is 0 Å². The van der Waals surface area contributed by atoms with Crippen molar-refractivity contribution in [1.29, 1.82) is 5.26 Å². The summed E-state index contributed by atoms with van der Waals surface area (Å²) in [7, 11) is 0. The first-order chi connectivity index (χ1) is 11.8. The molecule has 1 amide bonds. The van der Waals surface area contributed by atoms with Crippen LogP contribution in [0.15, 0.2) is 36.4 Å². The number of nitrogens with zero attached hydrogens (tertiary/aromatic N) is 1. The second kappa shape index (κ2) is 9.57. The van der Waals surface area contributed by atoms with Gasteiger partial charge in [-0.25, -0.2) is 0 Å². The van der Waals surface area contributed by atoms with Crippen molar-refractivity contribution in [2.75, 3.05) is 6.61 Å². The molecule has 1 N–H and O–H groups in total. The van der Waals surface area contributed by atoms with Crippen molar-refractivity contribution in [2.24, 2.45) is 0 Å². The number of ether oxygens (including phenoxy) is 1. The van der Waals surface area contributed by atoms with Crippen molar-refractivity contribution in [1.82, 2.24) is 5.32 Å². The van der Waals surface area contributed by atoms with Gasteiger partial charge >= 0.3 is 0 Å². The zero-order valence-electron chi connectivity index (χ0n) is 14.2. The Balaban J connectivity index is 2.14. The first kappa shape index (κ1) is 17.8. The van der Waals surface area contributed by atoms with E-state index in [0.717, 1.165) is 34.9 Å². The van der Waals surface area contributed by atoms with E-state index < -0.39 is 0 Å². The van der Waals surface area contributed by atoms with E-state index in [-0.39, 0.29) is 12.3 Å². The SMILES string of the molecule is CCCCCCOc1ccc2ccccc2c1CNC(=O)CC#N. The molecule has 0 bridgehead atoms. The third-order valence-corrected chi connectivity index (χ3v) is 3.96. The fourth-order valence-corrected chi connectivity index (χ4v) is 2.67. The molecule has 0 heterocycles. The van der Waals surface area contributed by atoms with Gasteiger partial charge < -0.3 is 10.1 Å². The molecule has 0 aliphatic heterocycles. The number of nitrogens with one attached hydrogen (secondary N) is 1. The minimum atomic E-state index is -0.265. The van der Waals surface area contributed by atoms with Crippen molar-refractivity contribution in [3.05, 3.63) is 42.0 Å². The summed E-state index contributed by atoms with van der Waals surface area (Å²) in [6, 6.07) is 13.9. The molecule has 0 radical (unpaired) electrons. The van der Waals surface area contributed by atoms with E-state index >= 15 is 0 Å². The van der Waals surface area contributed by atoms with Gasteiger partial charge in [-0.1, -0.05) is 56.5 Å². The van der Waals surface area contributed by atoms with Gasteiger partial charge in [0.1, 0.15) is 12.2 Å². The van der Waals surface area contributed by atoms with Crippen molar-refractivity contribution in [2.45, 2.75) is 45.6 Å². The Hall–Kier alpha value is -2.54. The topological polar surface area (TPSA) is 62.1 Å². The number of fused-ring (bicyclic) bond motifs is 1. The molecular formula is C20H24N2O2. The number of amides is 1. The fraction of sp³-hybridized carbons (Fsp3) is 0.400. The first-order valence-corrected chi connectivity index (χ1v) is 8.53. The van der Waals surface area contributed by atoms with Crippen LogP contribution in [0.2, 0.25) is 0 Å². The number of benzene rings is 2. The van der Waals surface area contributed by atoms with E-state index in [9.17, 15) is 4.79 Å². The Morgan fingerprint density at radius 3 is 2.79 bits per heavy atom. The van der Waals surface area contributed by atoms with Crippen LogP contribution in [0, 0.1) is 11.3 Å². The van der Waals surface area contributed by atoms with Crippen LogP contribution in [0.25, 0.3) is 10.8 Å². The maximum absolute atomic E-state index is 11.6. The van der Waals surface area contributed by atoms with Gasteiger partial charge in [0.15, 0.2) is 0 Å². The molecule has 0 fully saturated rings. The molecule has 2 rings (SSSR count). The van der Waals surface area contributed by atoms with Gasteiger partial charge in [-0.05, 0) is 23.3 Å². The predicted molar refractivity (Wildman–Crippen MR) is 95.7 cm³/mol. The number of carbonyl (C=O) groups is 1.